The highest BCUT2D eigenvalue weighted by Crippen LogP contribution is 2.35. The number of para-hydroxylation sites is 1. The topological polar surface area (TPSA) is 51.9 Å². The van der Waals surface area contributed by atoms with Gasteiger partial charge in [0.25, 0.3) is 0 Å². The van der Waals surface area contributed by atoms with Gasteiger partial charge in [0.05, 0.1) is 29.8 Å². The van der Waals surface area contributed by atoms with Crippen LogP contribution in [0.5, 0.6) is 0 Å². The van der Waals surface area contributed by atoms with Gasteiger partial charge in [0.15, 0.2) is 0 Å². The molecule has 1 aromatic heterocycles. The average molecular weight is 428 g/mol. The van der Waals surface area contributed by atoms with Crippen LogP contribution in [0.1, 0.15) is 24.1 Å². The van der Waals surface area contributed by atoms with E-state index >= 15 is 0 Å². The Morgan fingerprint density at radius 2 is 1.71 bits per heavy atom. The summed E-state index contributed by atoms with van der Waals surface area (Å²) < 4.78 is 2.29. The van der Waals surface area contributed by atoms with Crippen LogP contribution in [0.15, 0.2) is 18.2 Å². The van der Waals surface area contributed by atoms with E-state index in [0.717, 1.165) is 56.1 Å². The van der Waals surface area contributed by atoms with Gasteiger partial charge in [0.2, 0.25) is 0 Å². The maximum absolute atomic E-state index is 10.8. The Labute approximate surface area is 178 Å². The SMILES string of the molecule is Cl.OCCN1CCN(CC(O)Cn2c3c(c4cccc(Cl)c42)CCCC3)CC1. The molecule has 7 heteroatoms. The van der Waals surface area contributed by atoms with Crippen molar-refractivity contribution >= 4 is 34.9 Å². The van der Waals surface area contributed by atoms with Crippen LogP contribution < -0.4 is 0 Å². The summed E-state index contributed by atoms with van der Waals surface area (Å²) in [6.07, 6.45) is 4.23. The van der Waals surface area contributed by atoms with E-state index in [4.69, 9.17) is 16.7 Å². The normalized spacial score (nSPS) is 19.4. The quantitative estimate of drug-likeness (QED) is 0.743. The van der Waals surface area contributed by atoms with Crippen LogP contribution in [-0.2, 0) is 19.4 Å². The van der Waals surface area contributed by atoms with Crippen LogP contribution >= 0.6 is 24.0 Å². The highest BCUT2D eigenvalue weighted by atomic mass is 35.5. The van der Waals surface area contributed by atoms with E-state index in [2.05, 4.69) is 20.4 Å². The van der Waals surface area contributed by atoms with Crippen molar-refractivity contribution in [1.29, 1.82) is 0 Å². The molecule has 1 atom stereocenters. The largest absolute Gasteiger partial charge is 0.395 e. The molecule has 28 heavy (non-hydrogen) atoms. The van der Waals surface area contributed by atoms with E-state index < -0.39 is 6.10 Å². The number of rotatable bonds is 6. The van der Waals surface area contributed by atoms with Gasteiger partial charge in [-0.05, 0) is 37.3 Å². The van der Waals surface area contributed by atoms with Gasteiger partial charge in [0.1, 0.15) is 0 Å². The van der Waals surface area contributed by atoms with Crippen molar-refractivity contribution in [3.63, 3.8) is 0 Å². The van der Waals surface area contributed by atoms with Gasteiger partial charge < -0.3 is 14.8 Å². The predicted molar refractivity (Wildman–Crippen MR) is 117 cm³/mol. The molecule has 0 spiro atoms. The van der Waals surface area contributed by atoms with Gasteiger partial charge in [-0.25, -0.2) is 0 Å². The van der Waals surface area contributed by atoms with Gasteiger partial charge in [-0.2, -0.15) is 0 Å². The molecule has 2 aromatic rings. The van der Waals surface area contributed by atoms with E-state index in [1.165, 1.54) is 29.5 Å². The molecule has 0 saturated carbocycles. The van der Waals surface area contributed by atoms with Crippen molar-refractivity contribution in [1.82, 2.24) is 14.4 Å². The van der Waals surface area contributed by atoms with Crippen molar-refractivity contribution in [3.8, 4) is 0 Å². The second-order valence-corrected chi connectivity index (χ2v) is 8.31. The smallest absolute Gasteiger partial charge is 0.0845 e. The first-order chi connectivity index (χ1) is 13.2. The fraction of sp³-hybridized carbons (Fsp3) is 0.619. The fourth-order valence-corrected chi connectivity index (χ4v) is 5.03. The number of piperazine rings is 1. The Morgan fingerprint density at radius 3 is 2.46 bits per heavy atom. The molecule has 5 nitrogen and oxygen atoms in total. The molecule has 0 amide bonds. The lowest BCUT2D eigenvalue weighted by Crippen LogP contribution is -2.49. The second-order valence-electron chi connectivity index (χ2n) is 7.90. The molecule has 1 fully saturated rings. The lowest BCUT2D eigenvalue weighted by atomic mass is 9.95. The summed E-state index contributed by atoms with van der Waals surface area (Å²) in [4.78, 5) is 4.61. The molecule has 2 N–H and O–H groups in total. The minimum absolute atomic E-state index is 0. The Hall–Kier alpha value is -0.820. The zero-order valence-corrected chi connectivity index (χ0v) is 17.9. The lowest BCUT2D eigenvalue weighted by Gasteiger charge is -2.35. The first kappa shape index (κ1) is 21.9. The summed E-state index contributed by atoms with van der Waals surface area (Å²) in [6.45, 7) is 6.07. The van der Waals surface area contributed by atoms with Crippen LogP contribution in [0.25, 0.3) is 10.9 Å². The third-order valence-electron chi connectivity index (χ3n) is 6.09. The third-order valence-corrected chi connectivity index (χ3v) is 6.39. The number of hydrogen-bond acceptors (Lipinski definition) is 4. The molecule has 2 heterocycles. The number of halogens is 2. The minimum Gasteiger partial charge on any atom is -0.395 e. The standard InChI is InChI=1S/C21H30ClN3O2.ClH/c22-19-6-3-5-18-17-4-1-2-7-20(17)25(21(18)19)15-16(27)14-24-10-8-23(9-11-24)12-13-26;/h3,5-6,16,26-27H,1-2,4,7-15H2;1H. The zero-order chi connectivity index (χ0) is 18.8. The van der Waals surface area contributed by atoms with E-state index in [-0.39, 0.29) is 19.0 Å². The van der Waals surface area contributed by atoms with Crippen molar-refractivity contribution in [2.75, 3.05) is 45.9 Å². The van der Waals surface area contributed by atoms with Crippen LogP contribution in [0.4, 0.5) is 0 Å². The van der Waals surface area contributed by atoms with Crippen molar-refractivity contribution in [3.05, 3.63) is 34.5 Å². The second kappa shape index (κ2) is 9.79. The molecule has 1 unspecified atom stereocenters. The van der Waals surface area contributed by atoms with Crippen molar-refractivity contribution in [2.45, 2.75) is 38.3 Å². The average Bonchev–Trinajstić information content (AvgIpc) is 2.99. The van der Waals surface area contributed by atoms with E-state index in [9.17, 15) is 5.11 Å². The van der Waals surface area contributed by atoms with Crippen molar-refractivity contribution in [2.24, 2.45) is 0 Å². The maximum atomic E-state index is 10.8. The Balaban J connectivity index is 0.00000225. The first-order valence-corrected chi connectivity index (χ1v) is 10.6. The molecule has 1 aromatic carbocycles. The molecule has 0 bridgehead atoms. The van der Waals surface area contributed by atoms with Gasteiger partial charge in [0, 0.05) is 50.3 Å². The number of hydrogen-bond donors (Lipinski definition) is 2. The highest BCUT2D eigenvalue weighted by Gasteiger charge is 2.24. The number of β-amino-alcohol motifs (C(OH)–C–C–N with tert-alkyl or cyclic N) is 2. The molecular formula is C21H31Cl2N3O2. The maximum Gasteiger partial charge on any atom is 0.0845 e. The van der Waals surface area contributed by atoms with E-state index in [1.807, 2.05) is 12.1 Å². The summed E-state index contributed by atoms with van der Waals surface area (Å²) in [7, 11) is 0. The monoisotopic (exact) mass is 427 g/mol. The molecule has 1 aliphatic carbocycles. The number of benzene rings is 1. The predicted octanol–water partition coefficient (Wildman–Crippen LogP) is 2.57. The van der Waals surface area contributed by atoms with E-state index in [1.54, 1.807) is 0 Å². The number of aromatic nitrogens is 1. The summed E-state index contributed by atoms with van der Waals surface area (Å²) in [5, 5.41) is 22.0. The van der Waals surface area contributed by atoms with Crippen LogP contribution in [0.3, 0.4) is 0 Å². The number of nitrogens with zero attached hydrogens (tertiary/aromatic N) is 3. The zero-order valence-electron chi connectivity index (χ0n) is 16.3. The molecule has 1 aliphatic heterocycles. The van der Waals surface area contributed by atoms with Gasteiger partial charge in [-0.15, -0.1) is 12.4 Å². The number of aliphatic hydroxyl groups excluding tert-OH is 2. The Morgan fingerprint density at radius 1 is 1.00 bits per heavy atom. The van der Waals surface area contributed by atoms with Gasteiger partial charge in [-0.3, -0.25) is 9.80 Å². The minimum atomic E-state index is -0.410. The number of aryl methyl sites for hydroxylation is 1. The molecular weight excluding hydrogens is 397 g/mol. The fourth-order valence-electron chi connectivity index (χ4n) is 4.75. The third kappa shape index (κ3) is 4.50. The highest BCUT2D eigenvalue weighted by molar-refractivity contribution is 6.35. The lowest BCUT2D eigenvalue weighted by molar-refractivity contribution is 0.0593. The Kier molecular flexibility index (Phi) is 7.65. The summed E-state index contributed by atoms with van der Waals surface area (Å²) in [5.41, 5.74) is 3.90. The molecule has 156 valence electrons. The van der Waals surface area contributed by atoms with Gasteiger partial charge >= 0.3 is 0 Å². The first-order valence-electron chi connectivity index (χ1n) is 10.2. The van der Waals surface area contributed by atoms with Crippen LogP contribution in [-0.4, -0.2) is 76.6 Å². The van der Waals surface area contributed by atoms with Crippen LogP contribution in [0, 0.1) is 0 Å². The molecule has 0 radical (unpaired) electrons. The summed E-state index contributed by atoms with van der Waals surface area (Å²) in [6, 6.07) is 6.17. The van der Waals surface area contributed by atoms with Crippen molar-refractivity contribution < 1.29 is 10.2 Å². The summed E-state index contributed by atoms with van der Waals surface area (Å²) >= 11 is 6.56. The van der Waals surface area contributed by atoms with Gasteiger partial charge in [-0.1, -0.05) is 23.7 Å². The van der Waals surface area contributed by atoms with Crippen LogP contribution in [0.2, 0.25) is 5.02 Å². The van der Waals surface area contributed by atoms with E-state index in [0.29, 0.717) is 13.1 Å². The number of aliphatic hydroxyl groups is 2. The molecule has 1 saturated heterocycles. The summed E-state index contributed by atoms with van der Waals surface area (Å²) in [5.74, 6) is 0. The number of fused-ring (bicyclic) bond motifs is 3. The molecule has 4 rings (SSSR count). The molecule has 2 aliphatic rings. The Bertz CT molecular complexity index is 788.